The Bertz CT molecular complexity index is 3100. The first-order valence-electron chi connectivity index (χ1n) is 18.0. The van der Waals surface area contributed by atoms with E-state index in [9.17, 15) is 0 Å². The maximum Gasteiger partial charge on any atom is 0.434 e. The van der Waals surface area contributed by atoms with E-state index in [2.05, 4.69) is 156 Å². The summed E-state index contributed by atoms with van der Waals surface area (Å²) in [4.78, 5) is 0. The molecule has 0 N–H and O–H groups in total. The monoisotopic (exact) mass is 677 g/mol. The van der Waals surface area contributed by atoms with Gasteiger partial charge in [-0.3, -0.25) is 0 Å². The minimum Gasteiger partial charge on any atom is -0.551 e. The van der Waals surface area contributed by atoms with Crippen LogP contribution < -0.4 is 20.3 Å². The Labute approximate surface area is 305 Å². The van der Waals surface area contributed by atoms with Gasteiger partial charge in [0.05, 0.1) is 16.7 Å². The van der Waals surface area contributed by atoms with Crippen LogP contribution in [0.4, 0.5) is 0 Å². The molecule has 2 aliphatic rings. The molecular formula is C48H28BNO3. The smallest absolute Gasteiger partial charge is 0.434 e. The lowest BCUT2D eigenvalue weighted by molar-refractivity contribution is 0.479. The summed E-state index contributed by atoms with van der Waals surface area (Å²) in [6.45, 7) is -0.286. The molecule has 8 aromatic carbocycles. The number of furan rings is 1. The molecule has 0 saturated carbocycles. The number of hydrogen-bond acceptors (Lipinski definition) is 3. The summed E-state index contributed by atoms with van der Waals surface area (Å²) in [5, 5.41) is 4.73. The SMILES string of the molecule is c1ccc(-n2c3ccccc3c3ccccc32)c(-c2ccc3c(c2)Oc2cccc4c2B3Oc2ccc(-c3cccc5oc6ccccc6c35)cc2-4)c1. The van der Waals surface area contributed by atoms with E-state index in [4.69, 9.17) is 13.8 Å². The van der Waals surface area contributed by atoms with Crippen LogP contribution >= 0.6 is 0 Å². The molecule has 0 saturated heterocycles. The molecule has 53 heavy (non-hydrogen) atoms. The highest BCUT2D eigenvalue weighted by molar-refractivity contribution is 6.84. The van der Waals surface area contributed by atoms with Crippen LogP contribution in [-0.2, 0) is 0 Å². The normalized spacial score (nSPS) is 12.8. The van der Waals surface area contributed by atoms with Crippen molar-refractivity contribution >= 4 is 61.6 Å². The highest BCUT2D eigenvalue weighted by atomic mass is 16.5. The Hall–Kier alpha value is -6.98. The Morgan fingerprint density at radius 3 is 1.96 bits per heavy atom. The Morgan fingerprint density at radius 2 is 1.09 bits per heavy atom. The molecule has 0 unspecified atom stereocenters. The van der Waals surface area contributed by atoms with E-state index in [0.29, 0.717) is 0 Å². The van der Waals surface area contributed by atoms with Crippen molar-refractivity contribution in [3.63, 3.8) is 0 Å². The fourth-order valence-electron chi connectivity index (χ4n) is 8.79. The fourth-order valence-corrected chi connectivity index (χ4v) is 8.79. The molecule has 0 bridgehead atoms. The molecule has 12 rings (SSSR count). The maximum atomic E-state index is 6.92. The highest BCUT2D eigenvalue weighted by Gasteiger charge is 2.40. The van der Waals surface area contributed by atoms with Crippen molar-refractivity contribution in [2.45, 2.75) is 0 Å². The number of ether oxygens (including phenoxy) is 1. The first-order chi connectivity index (χ1) is 26.3. The van der Waals surface area contributed by atoms with Crippen LogP contribution in [-0.4, -0.2) is 11.5 Å². The summed E-state index contributed by atoms with van der Waals surface area (Å²) in [5.41, 5.74) is 14.0. The van der Waals surface area contributed by atoms with Crippen molar-refractivity contribution in [3.8, 4) is 56.3 Å². The molecule has 0 aliphatic carbocycles. The lowest BCUT2D eigenvalue weighted by atomic mass is 9.50. The van der Waals surface area contributed by atoms with Crippen molar-refractivity contribution in [1.82, 2.24) is 4.57 Å². The summed E-state index contributed by atoms with van der Waals surface area (Å²) in [6.07, 6.45) is 0. The van der Waals surface area contributed by atoms with Gasteiger partial charge in [0.15, 0.2) is 0 Å². The number of nitrogens with zero attached hydrogens (tertiary/aromatic N) is 1. The average molecular weight is 678 g/mol. The summed E-state index contributed by atoms with van der Waals surface area (Å²) < 4.78 is 22.3. The van der Waals surface area contributed by atoms with Crippen LogP contribution in [0.3, 0.4) is 0 Å². The minimum atomic E-state index is -0.286. The molecule has 0 atom stereocenters. The number of fused-ring (bicyclic) bond motifs is 10. The van der Waals surface area contributed by atoms with E-state index < -0.39 is 0 Å². The first kappa shape index (κ1) is 28.7. The number of para-hydroxylation sites is 4. The summed E-state index contributed by atoms with van der Waals surface area (Å²) in [5.74, 6) is 2.50. The first-order valence-corrected chi connectivity index (χ1v) is 18.0. The van der Waals surface area contributed by atoms with E-state index in [1.807, 2.05) is 18.2 Å². The second-order valence-corrected chi connectivity index (χ2v) is 13.9. The second-order valence-electron chi connectivity index (χ2n) is 13.9. The van der Waals surface area contributed by atoms with E-state index in [1.54, 1.807) is 0 Å². The van der Waals surface area contributed by atoms with Crippen molar-refractivity contribution < 1.29 is 13.8 Å². The Morgan fingerprint density at radius 1 is 0.434 bits per heavy atom. The van der Waals surface area contributed by atoms with E-state index in [-0.39, 0.29) is 6.92 Å². The Balaban J connectivity index is 0.968. The third-order valence-corrected chi connectivity index (χ3v) is 11.1. The largest absolute Gasteiger partial charge is 0.551 e. The van der Waals surface area contributed by atoms with E-state index in [1.165, 1.54) is 21.8 Å². The van der Waals surface area contributed by atoms with E-state index in [0.717, 1.165) is 89.2 Å². The topological polar surface area (TPSA) is 36.5 Å². The molecule has 2 aromatic heterocycles. The zero-order chi connectivity index (χ0) is 34.6. The number of benzene rings is 8. The van der Waals surface area contributed by atoms with E-state index >= 15 is 0 Å². The zero-order valence-electron chi connectivity index (χ0n) is 28.4. The van der Waals surface area contributed by atoms with Gasteiger partial charge in [0.1, 0.15) is 28.4 Å². The lowest BCUT2D eigenvalue weighted by Gasteiger charge is -2.33. The lowest BCUT2D eigenvalue weighted by Crippen LogP contribution is -2.53. The van der Waals surface area contributed by atoms with Gasteiger partial charge < -0.3 is 18.4 Å². The van der Waals surface area contributed by atoms with Gasteiger partial charge in [0.25, 0.3) is 0 Å². The summed E-state index contributed by atoms with van der Waals surface area (Å²) in [6, 6.07) is 59.9. The van der Waals surface area contributed by atoms with Gasteiger partial charge in [-0.2, -0.15) is 0 Å². The molecule has 5 heteroatoms. The van der Waals surface area contributed by atoms with Crippen LogP contribution in [0.25, 0.3) is 82.8 Å². The van der Waals surface area contributed by atoms with Crippen molar-refractivity contribution in [1.29, 1.82) is 0 Å². The minimum absolute atomic E-state index is 0.286. The average Bonchev–Trinajstić information content (AvgIpc) is 3.77. The Kier molecular flexibility index (Phi) is 5.83. The molecule has 0 amide bonds. The van der Waals surface area contributed by atoms with Crippen molar-refractivity contribution in [3.05, 3.63) is 170 Å². The molecule has 0 spiro atoms. The third kappa shape index (κ3) is 4.07. The van der Waals surface area contributed by atoms with Crippen molar-refractivity contribution in [2.24, 2.45) is 0 Å². The molecule has 2 aliphatic heterocycles. The predicted octanol–water partition coefficient (Wildman–Crippen LogP) is 11.3. The van der Waals surface area contributed by atoms with Crippen LogP contribution in [0.5, 0.6) is 17.2 Å². The molecule has 0 radical (unpaired) electrons. The highest BCUT2D eigenvalue weighted by Crippen LogP contribution is 2.44. The zero-order valence-corrected chi connectivity index (χ0v) is 28.4. The number of rotatable bonds is 3. The van der Waals surface area contributed by atoms with Crippen molar-refractivity contribution in [2.75, 3.05) is 0 Å². The van der Waals surface area contributed by atoms with Crippen LogP contribution in [0.15, 0.2) is 174 Å². The third-order valence-electron chi connectivity index (χ3n) is 11.1. The molecule has 246 valence electrons. The number of aromatic nitrogens is 1. The fraction of sp³-hybridized carbons (Fsp3) is 0. The molecule has 10 aromatic rings. The summed E-state index contributed by atoms with van der Waals surface area (Å²) in [7, 11) is 0. The maximum absolute atomic E-state index is 6.92. The van der Waals surface area contributed by atoms with Gasteiger partial charge in [-0.25, -0.2) is 0 Å². The quantitative estimate of drug-likeness (QED) is 0.175. The molecule has 4 nitrogen and oxygen atoms in total. The molecule has 0 fully saturated rings. The van der Waals surface area contributed by atoms with Gasteiger partial charge in [-0.05, 0) is 76.9 Å². The van der Waals surface area contributed by atoms with Gasteiger partial charge in [-0.15, -0.1) is 0 Å². The van der Waals surface area contributed by atoms with Gasteiger partial charge >= 0.3 is 6.92 Å². The van der Waals surface area contributed by atoms with Gasteiger partial charge in [0.2, 0.25) is 0 Å². The van der Waals surface area contributed by atoms with Crippen LogP contribution in [0.2, 0.25) is 0 Å². The molecule has 4 heterocycles. The van der Waals surface area contributed by atoms with Crippen LogP contribution in [0, 0.1) is 0 Å². The van der Waals surface area contributed by atoms with Gasteiger partial charge in [0, 0.05) is 43.6 Å². The standard InChI is InChI=1S/C48H28BNO3/c1-5-17-39(50-40-18-6-2-12-33(40)34-13-3-7-19-41(34)50)31(11-1)30-23-25-38-46(28-30)52-45-22-10-16-35-37-27-29(24-26-43(37)53-49(38)48(35)45)32-15-9-21-44-47(32)36-14-4-8-20-42(36)51-44/h1-28H. The van der Waals surface area contributed by atoms with Crippen LogP contribution in [0.1, 0.15) is 0 Å². The molecular weight excluding hydrogens is 649 g/mol. The van der Waals surface area contributed by atoms with Gasteiger partial charge in [-0.1, -0.05) is 115 Å². The second kappa shape index (κ2) is 10.8. The predicted molar refractivity (Wildman–Crippen MR) is 217 cm³/mol. The summed E-state index contributed by atoms with van der Waals surface area (Å²) >= 11 is 0. The number of hydrogen-bond donors (Lipinski definition) is 0.